The van der Waals surface area contributed by atoms with E-state index in [-0.39, 0.29) is 6.03 Å². The number of oxazole rings is 1. The number of rotatable bonds is 5. The summed E-state index contributed by atoms with van der Waals surface area (Å²) in [6, 6.07) is 21.5. The predicted octanol–water partition coefficient (Wildman–Crippen LogP) is 6.26. The Morgan fingerprint density at radius 3 is 2.35 bits per heavy atom. The van der Waals surface area contributed by atoms with Crippen LogP contribution in [0.2, 0.25) is 0 Å². The molecule has 1 aromatic heterocycles. The highest BCUT2D eigenvalue weighted by molar-refractivity contribution is 5.89. The summed E-state index contributed by atoms with van der Waals surface area (Å²) < 4.78 is 5.71. The highest BCUT2D eigenvalue weighted by Crippen LogP contribution is 2.28. The van der Waals surface area contributed by atoms with E-state index in [2.05, 4.69) is 47.7 Å². The fourth-order valence-electron chi connectivity index (χ4n) is 3.30. The second-order valence-corrected chi connectivity index (χ2v) is 7.73. The van der Waals surface area contributed by atoms with Gasteiger partial charge in [0.25, 0.3) is 0 Å². The largest absolute Gasteiger partial charge is 0.444 e. The van der Waals surface area contributed by atoms with Gasteiger partial charge in [-0.15, -0.1) is 0 Å². The fourth-order valence-corrected chi connectivity index (χ4v) is 3.30. The van der Waals surface area contributed by atoms with E-state index in [1.165, 1.54) is 11.1 Å². The topological polar surface area (TPSA) is 67.2 Å². The molecule has 5 heteroatoms. The van der Waals surface area contributed by atoms with E-state index < -0.39 is 0 Å². The quantitative estimate of drug-likeness (QED) is 0.407. The highest BCUT2D eigenvalue weighted by atomic mass is 16.3. The molecule has 2 N–H and O–H groups in total. The van der Waals surface area contributed by atoms with Gasteiger partial charge in [-0.05, 0) is 62.2 Å². The molecule has 156 valence electrons. The maximum atomic E-state index is 12.2. The Morgan fingerprint density at radius 2 is 1.61 bits per heavy atom. The third-order valence-electron chi connectivity index (χ3n) is 5.14. The zero-order chi connectivity index (χ0) is 21.8. The van der Waals surface area contributed by atoms with Crippen LogP contribution in [0.3, 0.4) is 0 Å². The SMILES string of the molecule is Cc1ccc(CNC(=O)Nc2ccc(-c3nc(-c4cc(C)ccc4C)co3)cc2)cc1. The Morgan fingerprint density at radius 1 is 0.903 bits per heavy atom. The number of nitrogens with zero attached hydrogens (tertiary/aromatic N) is 1. The van der Waals surface area contributed by atoms with Crippen molar-refractivity contribution in [1.82, 2.24) is 10.3 Å². The molecule has 5 nitrogen and oxygen atoms in total. The van der Waals surface area contributed by atoms with E-state index in [1.807, 2.05) is 55.5 Å². The lowest BCUT2D eigenvalue weighted by molar-refractivity contribution is 0.251. The molecule has 0 fully saturated rings. The van der Waals surface area contributed by atoms with E-state index >= 15 is 0 Å². The number of anilines is 1. The van der Waals surface area contributed by atoms with Crippen molar-refractivity contribution in [2.75, 3.05) is 5.32 Å². The number of aromatic nitrogens is 1. The van der Waals surface area contributed by atoms with Gasteiger partial charge in [-0.1, -0.05) is 47.5 Å². The molecule has 0 saturated carbocycles. The summed E-state index contributed by atoms with van der Waals surface area (Å²) in [5.74, 6) is 0.547. The molecular weight excluding hydrogens is 386 g/mol. The molecule has 0 saturated heterocycles. The van der Waals surface area contributed by atoms with Gasteiger partial charge in [-0.3, -0.25) is 0 Å². The molecule has 0 spiro atoms. The third kappa shape index (κ3) is 5.01. The molecule has 0 radical (unpaired) electrons. The Kier molecular flexibility index (Phi) is 5.85. The zero-order valence-corrected chi connectivity index (χ0v) is 17.9. The number of carbonyl (C=O) groups excluding carboxylic acids is 1. The predicted molar refractivity (Wildman–Crippen MR) is 124 cm³/mol. The molecule has 0 atom stereocenters. The lowest BCUT2D eigenvalue weighted by Crippen LogP contribution is -2.28. The van der Waals surface area contributed by atoms with E-state index in [0.717, 1.165) is 27.9 Å². The molecular formula is C26H25N3O2. The first-order chi connectivity index (χ1) is 15.0. The van der Waals surface area contributed by atoms with Crippen LogP contribution >= 0.6 is 0 Å². The number of hydrogen-bond acceptors (Lipinski definition) is 3. The number of carbonyl (C=O) groups is 1. The Bertz CT molecular complexity index is 1190. The van der Waals surface area contributed by atoms with Crippen molar-refractivity contribution in [2.24, 2.45) is 0 Å². The molecule has 0 aliphatic carbocycles. The minimum atomic E-state index is -0.248. The molecule has 4 aromatic rings. The fraction of sp³-hybridized carbons (Fsp3) is 0.154. The lowest BCUT2D eigenvalue weighted by atomic mass is 10.0. The van der Waals surface area contributed by atoms with Crippen molar-refractivity contribution in [2.45, 2.75) is 27.3 Å². The molecule has 0 unspecified atom stereocenters. The van der Waals surface area contributed by atoms with Crippen LogP contribution in [0.1, 0.15) is 22.3 Å². The van der Waals surface area contributed by atoms with Crippen molar-refractivity contribution in [3.63, 3.8) is 0 Å². The second kappa shape index (κ2) is 8.88. The minimum absolute atomic E-state index is 0.248. The Balaban J connectivity index is 1.39. The van der Waals surface area contributed by atoms with Crippen LogP contribution in [0, 0.1) is 20.8 Å². The first-order valence-corrected chi connectivity index (χ1v) is 10.2. The van der Waals surface area contributed by atoms with Crippen LogP contribution in [0.15, 0.2) is 77.4 Å². The standard InChI is InChI=1S/C26H25N3O2/c1-17-5-8-20(9-6-17)15-27-26(30)28-22-12-10-21(11-13-22)25-29-24(16-31-25)23-14-18(2)4-7-19(23)3/h4-14,16H,15H2,1-3H3,(H2,27,28,30). The van der Waals surface area contributed by atoms with Gasteiger partial charge in [-0.25, -0.2) is 9.78 Å². The second-order valence-electron chi connectivity index (χ2n) is 7.73. The van der Waals surface area contributed by atoms with Gasteiger partial charge in [0.2, 0.25) is 5.89 Å². The van der Waals surface area contributed by atoms with Crippen molar-refractivity contribution in [1.29, 1.82) is 0 Å². The minimum Gasteiger partial charge on any atom is -0.444 e. The molecule has 0 aliphatic heterocycles. The van der Waals surface area contributed by atoms with Crippen molar-refractivity contribution in [3.8, 4) is 22.7 Å². The summed E-state index contributed by atoms with van der Waals surface area (Å²) in [4.78, 5) is 16.8. The average molecular weight is 412 g/mol. The molecule has 3 aromatic carbocycles. The van der Waals surface area contributed by atoms with E-state index in [4.69, 9.17) is 4.42 Å². The number of nitrogens with one attached hydrogen (secondary N) is 2. The summed E-state index contributed by atoms with van der Waals surface area (Å²) in [5, 5.41) is 5.71. The molecule has 2 amide bonds. The molecule has 4 rings (SSSR count). The van der Waals surface area contributed by atoms with Gasteiger partial charge in [-0.2, -0.15) is 0 Å². The van der Waals surface area contributed by atoms with Gasteiger partial charge in [0, 0.05) is 23.4 Å². The Labute approximate surface area is 182 Å². The van der Waals surface area contributed by atoms with Crippen LogP contribution in [0.4, 0.5) is 10.5 Å². The summed E-state index contributed by atoms with van der Waals surface area (Å²) in [6.45, 7) is 6.64. The molecule has 0 bridgehead atoms. The third-order valence-corrected chi connectivity index (χ3v) is 5.14. The molecule has 0 aliphatic rings. The van der Waals surface area contributed by atoms with Crippen LogP contribution in [-0.4, -0.2) is 11.0 Å². The number of aryl methyl sites for hydroxylation is 3. The van der Waals surface area contributed by atoms with Crippen LogP contribution < -0.4 is 10.6 Å². The summed E-state index contributed by atoms with van der Waals surface area (Å²) in [7, 11) is 0. The van der Waals surface area contributed by atoms with Crippen molar-refractivity contribution >= 4 is 11.7 Å². The smallest absolute Gasteiger partial charge is 0.319 e. The number of hydrogen-bond donors (Lipinski definition) is 2. The van der Waals surface area contributed by atoms with Gasteiger partial charge in [0.15, 0.2) is 0 Å². The monoisotopic (exact) mass is 411 g/mol. The maximum Gasteiger partial charge on any atom is 0.319 e. The lowest BCUT2D eigenvalue weighted by Gasteiger charge is -2.08. The molecule has 1 heterocycles. The normalized spacial score (nSPS) is 10.7. The van der Waals surface area contributed by atoms with Gasteiger partial charge in [0.05, 0.1) is 0 Å². The zero-order valence-electron chi connectivity index (χ0n) is 17.9. The summed E-state index contributed by atoms with van der Waals surface area (Å²) in [6.07, 6.45) is 1.68. The summed E-state index contributed by atoms with van der Waals surface area (Å²) in [5.41, 5.74) is 8.02. The van der Waals surface area contributed by atoms with Gasteiger partial charge in [0.1, 0.15) is 12.0 Å². The van der Waals surface area contributed by atoms with Crippen molar-refractivity contribution in [3.05, 3.63) is 95.2 Å². The van der Waals surface area contributed by atoms with E-state index in [0.29, 0.717) is 18.1 Å². The number of amides is 2. The number of urea groups is 1. The first-order valence-electron chi connectivity index (χ1n) is 10.2. The average Bonchev–Trinajstić information content (AvgIpc) is 3.25. The van der Waals surface area contributed by atoms with E-state index in [9.17, 15) is 4.79 Å². The van der Waals surface area contributed by atoms with Crippen molar-refractivity contribution < 1.29 is 9.21 Å². The highest BCUT2D eigenvalue weighted by Gasteiger charge is 2.11. The Hall–Kier alpha value is -3.86. The van der Waals surface area contributed by atoms with Crippen LogP contribution in [0.25, 0.3) is 22.7 Å². The van der Waals surface area contributed by atoms with Crippen LogP contribution in [-0.2, 0) is 6.54 Å². The molecule has 31 heavy (non-hydrogen) atoms. The number of benzene rings is 3. The summed E-state index contributed by atoms with van der Waals surface area (Å²) >= 11 is 0. The van der Waals surface area contributed by atoms with Crippen LogP contribution in [0.5, 0.6) is 0 Å². The van der Waals surface area contributed by atoms with Gasteiger partial charge < -0.3 is 15.1 Å². The van der Waals surface area contributed by atoms with Gasteiger partial charge >= 0.3 is 6.03 Å². The van der Waals surface area contributed by atoms with E-state index in [1.54, 1.807) is 6.26 Å². The first kappa shape index (κ1) is 20.4. The maximum absolute atomic E-state index is 12.2.